The molecule has 0 aliphatic carbocycles. The molecule has 1 aromatic carbocycles. The minimum absolute atomic E-state index is 0.0275. The molecular weight excluding hydrogens is 266 g/mol. The van der Waals surface area contributed by atoms with Gasteiger partial charge in [0.15, 0.2) is 0 Å². The van der Waals surface area contributed by atoms with E-state index in [1.807, 2.05) is 26.0 Å². The maximum atomic E-state index is 12.3. The van der Waals surface area contributed by atoms with Crippen molar-refractivity contribution in [3.05, 3.63) is 35.4 Å². The van der Waals surface area contributed by atoms with Gasteiger partial charge in [0.1, 0.15) is 0 Å². The van der Waals surface area contributed by atoms with Crippen molar-refractivity contribution in [2.45, 2.75) is 33.2 Å². The van der Waals surface area contributed by atoms with Crippen LogP contribution in [0.15, 0.2) is 24.3 Å². The van der Waals surface area contributed by atoms with Gasteiger partial charge < -0.3 is 16.4 Å². The van der Waals surface area contributed by atoms with Crippen LogP contribution in [0.3, 0.4) is 0 Å². The summed E-state index contributed by atoms with van der Waals surface area (Å²) in [4.78, 5) is 23.9. The van der Waals surface area contributed by atoms with Crippen LogP contribution in [0, 0.1) is 5.41 Å². The van der Waals surface area contributed by atoms with Crippen LogP contribution in [0.5, 0.6) is 0 Å². The second-order valence-electron chi connectivity index (χ2n) is 5.15. The van der Waals surface area contributed by atoms with Crippen molar-refractivity contribution in [3.8, 4) is 0 Å². The standard InChI is InChI=1S/C16H25N3O2/c1-4-16(5-2,11-17)15(21)19-10-12-7-6-8-13(9-12)14(20)18-3/h6-9H,4-5,10-11,17H2,1-3H3,(H,18,20)(H,19,21). The van der Waals surface area contributed by atoms with E-state index in [0.717, 1.165) is 5.56 Å². The maximum Gasteiger partial charge on any atom is 0.251 e. The van der Waals surface area contributed by atoms with Crippen LogP contribution in [-0.4, -0.2) is 25.4 Å². The Labute approximate surface area is 126 Å². The highest BCUT2D eigenvalue weighted by Crippen LogP contribution is 2.25. The van der Waals surface area contributed by atoms with Crippen LogP contribution in [0.4, 0.5) is 0 Å². The van der Waals surface area contributed by atoms with E-state index in [2.05, 4.69) is 10.6 Å². The van der Waals surface area contributed by atoms with Crippen molar-refractivity contribution < 1.29 is 9.59 Å². The molecule has 0 aliphatic rings. The van der Waals surface area contributed by atoms with Gasteiger partial charge in [0.05, 0.1) is 5.41 Å². The first kappa shape index (κ1) is 17.2. The Morgan fingerprint density at radius 2 is 1.90 bits per heavy atom. The molecule has 0 heterocycles. The van der Waals surface area contributed by atoms with Crippen molar-refractivity contribution >= 4 is 11.8 Å². The summed E-state index contributed by atoms with van der Waals surface area (Å²) in [5, 5.41) is 5.51. The molecule has 21 heavy (non-hydrogen) atoms. The molecule has 0 aliphatic heterocycles. The highest BCUT2D eigenvalue weighted by Gasteiger charge is 2.32. The summed E-state index contributed by atoms with van der Waals surface area (Å²) in [6, 6.07) is 7.21. The monoisotopic (exact) mass is 291 g/mol. The number of hydrogen-bond donors (Lipinski definition) is 3. The summed E-state index contributed by atoms with van der Waals surface area (Å²) < 4.78 is 0. The first-order valence-electron chi connectivity index (χ1n) is 7.32. The molecule has 116 valence electrons. The molecule has 0 spiro atoms. The van der Waals surface area contributed by atoms with Gasteiger partial charge in [0.25, 0.3) is 5.91 Å². The summed E-state index contributed by atoms with van der Waals surface area (Å²) in [7, 11) is 1.59. The molecule has 1 aromatic rings. The Bertz CT molecular complexity index is 488. The Hall–Kier alpha value is -1.88. The third-order valence-electron chi connectivity index (χ3n) is 4.10. The van der Waals surface area contributed by atoms with Gasteiger partial charge in [-0.2, -0.15) is 0 Å². The molecule has 5 heteroatoms. The second-order valence-corrected chi connectivity index (χ2v) is 5.15. The van der Waals surface area contributed by atoms with Gasteiger partial charge in [-0.3, -0.25) is 9.59 Å². The number of carbonyl (C=O) groups excluding carboxylic acids is 2. The summed E-state index contributed by atoms with van der Waals surface area (Å²) in [5.74, 6) is -0.165. The Morgan fingerprint density at radius 1 is 1.24 bits per heavy atom. The predicted octanol–water partition coefficient (Wildman–Crippen LogP) is 1.43. The lowest BCUT2D eigenvalue weighted by atomic mass is 9.81. The van der Waals surface area contributed by atoms with Crippen LogP contribution in [-0.2, 0) is 11.3 Å². The molecule has 0 radical (unpaired) electrons. The van der Waals surface area contributed by atoms with E-state index < -0.39 is 5.41 Å². The number of benzene rings is 1. The highest BCUT2D eigenvalue weighted by atomic mass is 16.2. The van der Waals surface area contributed by atoms with Crippen molar-refractivity contribution in [2.24, 2.45) is 11.1 Å². The molecule has 0 saturated heterocycles. The fourth-order valence-corrected chi connectivity index (χ4v) is 2.29. The fraction of sp³-hybridized carbons (Fsp3) is 0.500. The summed E-state index contributed by atoms with van der Waals surface area (Å²) in [6.07, 6.45) is 1.42. The third kappa shape index (κ3) is 4.04. The molecule has 5 nitrogen and oxygen atoms in total. The first-order chi connectivity index (χ1) is 10.0. The number of rotatable bonds is 7. The number of hydrogen-bond acceptors (Lipinski definition) is 3. The highest BCUT2D eigenvalue weighted by molar-refractivity contribution is 5.94. The van der Waals surface area contributed by atoms with Crippen LogP contribution >= 0.6 is 0 Å². The van der Waals surface area contributed by atoms with Gasteiger partial charge in [-0.05, 0) is 30.5 Å². The Morgan fingerprint density at radius 3 is 2.43 bits per heavy atom. The topological polar surface area (TPSA) is 84.2 Å². The van der Waals surface area contributed by atoms with E-state index in [1.165, 1.54) is 0 Å². The smallest absolute Gasteiger partial charge is 0.251 e. The minimum Gasteiger partial charge on any atom is -0.355 e. The fourth-order valence-electron chi connectivity index (χ4n) is 2.29. The van der Waals surface area contributed by atoms with Crippen molar-refractivity contribution in [1.82, 2.24) is 10.6 Å². The van der Waals surface area contributed by atoms with E-state index in [-0.39, 0.29) is 11.8 Å². The van der Waals surface area contributed by atoms with E-state index in [1.54, 1.807) is 19.2 Å². The van der Waals surface area contributed by atoms with Crippen LogP contribution in [0.25, 0.3) is 0 Å². The normalized spacial score (nSPS) is 11.0. The van der Waals surface area contributed by atoms with Gasteiger partial charge in [0, 0.05) is 25.7 Å². The average Bonchev–Trinajstić information content (AvgIpc) is 2.54. The summed E-state index contributed by atoms with van der Waals surface area (Å²) in [6.45, 7) is 4.68. The molecule has 0 fully saturated rings. The van der Waals surface area contributed by atoms with Crippen molar-refractivity contribution in [1.29, 1.82) is 0 Å². The quantitative estimate of drug-likeness (QED) is 0.710. The third-order valence-corrected chi connectivity index (χ3v) is 4.10. The molecular formula is C16H25N3O2. The predicted molar refractivity (Wildman–Crippen MR) is 83.7 cm³/mol. The molecule has 0 aromatic heterocycles. The molecule has 2 amide bonds. The number of nitrogens with one attached hydrogen (secondary N) is 2. The van der Waals surface area contributed by atoms with E-state index >= 15 is 0 Å². The van der Waals surface area contributed by atoms with Gasteiger partial charge in [-0.25, -0.2) is 0 Å². The molecule has 0 atom stereocenters. The van der Waals surface area contributed by atoms with E-state index in [0.29, 0.717) is 31.5 Å². The molecule has 1 rings (SSSR count). The molecule has 4 N–H and O–H groups in total. The zero-order valence-electron chi connectivity index (χ0n) is 13.0. The van der Waals surface area contributed by atoms with Crippen LogP contribution in [0.1, 0.15) is 42.6 Å². The minimum atomic E-state index is -0.502. The van der Waals surface area contributed by atoms with Crippen LogP contribution in [0.2, 0.25) is 0 Å². The largest absolute Gasteiger partial charge is 0.355 e. The lowest BCUT2D eigenvalue weighted by molar-refractivity contribution is -0.131. The molecule has 0 bridgehead atoms. The van der Waals surface area contributed by atoms with E-state index in [4.69, 9.17) is 5.73 Å². The summed E-state index contributed by atoms with van der Waals surface area (Å²) in [5.41, 5.74) is 6.74. The van der Waals surface area contributed by atoms with E-state index in [9.17, 15) is 9.59 Å². The van der Waals surface area contributed by atoms with Crippen LogP contribution < -0.4 is 16.4 Å². The summed E-state index contributed by atoms with van der Waals surface area (Å²) >= 11 is 0. The number of carbonyl (C=O) groups is 2. The lowest BCUT2D eigenvalue weighted by Crippen LogP contribution is -2.45. The van der Waals surface area contributed by atoms with Gasteiger partial charge in [-0.15, -0.1) is 0 Å². The number of amides is 2. The second kappa shape index (κ2) is 7.78. The molecule has 0 unspecified atom stereocenters. The zero-order valence-corrected chi connectivity index (χ0v) is 13.0. The van der Waals surface area contributed by atoms with Gasteiger partial charge in [0.2, 0.25) is 5.91 Å². The SMILES string of the molecule is CCC(CC)(CN)C(=O)NCc1cccc(C(=O)NC)c1. The van der Waals surface area contributed by atoms with Gasteiger partial charge >= 0.3 is 0 Å². The van der Waals surface area contributed by atoms with Gasteiger partial charge in [-0.1, -0.05) is 26.0 Å². The van der Waals surface area contributed by atoms with Crippen molar-refractivity contribution in [3.63, 3.8) is 0 Å². The first-order valence-corrected chi connectivity index (χ1v) is 7.32. The molecule has 0 saturated carbocycles. The lowest BCUT2D eigenvalue weighted by Gasteiger charge is -2.28. The maximum absolute atomic E-state index is 12.3. The Balaban J connectivity index is 2.75. The van der Waals surface area contributed by atoms with Crippen molar-refractivity contribution in [2.75, 3.05) is 13.6 Å². The average molecular weight is 291 g/mol. The zero-order chi connectivity index (χ0) is 15.9. The Kier molecular flexibility index (Phi) is 6.37. The number of nitrogens with two attached hydrogens (primary N) is 1.